The molecule has 180 valence electrons. The third-order valence-electron chi connectivity index (χ3n) is 5.55. The first-order valence-electron chi connectivity index (χ1n) is 9.96. The second-order valence-corrected chi connectivity index (χ2v) is 10.3. The Kier molecular flexibility index (Phi) is 7.82. The van der Waals surface area contributed by atoms with Crippen LogP contribution in [0.5, 0.6) is 5.75 Å². The largest absolute Gasteiger partial charge is 0.494 e. The van der Waals surface area contributed by atoms with E-state index >= 15 is 0 Å². The van der Waals surface area contributed by atoms with Gasteiger partial charge in [0, 0.05) is 19.8 Å². The number of halogens is 3. The van der Waals surface area contributed by atoms with Gasteiger partial charge in [0.2, 0.25) is 11.8 Å². The predicted octanol–water partition coefficient (Wildman–Crippen LogP) is 1.97. The maximum atomic E-state index is 13.1. The molecule has 0 radical (unpaired) electrons. The smallest absolute Gasteiger partial charge is 0.402 e. The highest BCUT2D eigenvalue weighted by Gasteiger charge is 2.53. The molecule has 0 spiro atoms. The average molecular weight is 481 g/mol. The molecule has 2 amide bonds. The third kappa shape index (κ3) is 5.17. The van der Waals surface area contributed by atoms with Gasteiger partial charge in [-0.05, 0) is 57.4 Å². The second-order valence-electron chi connectivity index (χ2n) is 8.03. The van der Waals surface area contributed by atoms with Gasteiger partial charge in [0.15, 0.2) is 14.6 Å². The standard InChI is InChI=1S/C20H27F3N2O6S/c1-18(2,20(21,22)23)17(27)25-10-3-11-31-14-4-6-15(7-5-14)32(28,29)19(16(24)26)8-12-30-13-9-19/h4-7H,3,8-13H2,1-2H3,(H2,24,26)(H,25,27). The highest BCUT2D eigenvalue weighted by Crippen LogP contribution is 2.37. The molecule has 1 fully saturated rings. The minimum Gasteiger partial charge on any atom is -0.494 e. The Bertz CT molecular complexity index is 924. The van der Waals surface area contributed by atoms with E-state index in [9.17, 15) is 31.2 Å². The third-order valence-corrected chi connectivity index (χ3v) is 8.08. The summed E-state index contributed by atoms with van der Waals surface area (Å²) in [5.74, 6) is -1.72. The van der Waals surface area contributed by atoms with Crippen LogP contribution in [0.25, 0.3) is 0 Å². The molecule has 2 rings (SSSR count). The van der Waals surface area contributed by atoms with Gasteiger partial charge in [-0.1, -0.05) is 0 Å². The molecule has 32 heavy (non-hydrogen) atoms. The van der Waals surface area contributed by atoms with Crippen LogP contribution in [0, 0.1) is 5.41 Å². The number of nitrogens with one attached hydrogen (secondary N) is 1. The molecule has 1 aromatic carbocycles. The van der Waals surface area contributed by atoms with Crippen molar-refractivity contribution in [1.82, 2.24) is 5.32 Å². The number of amides is 2. The summed E-state index contributed by atoms with van der Waals surface area (Å²) in [5, 5.41) is 2.22. The molecule has 0 unspecified atom stereocenters. The van der Waals surface area contributed by atoms with Crippen molar-refractivity contribution in [3.8, 4) is 5.75 Å². The summed E-state index contributed by atoms with van der Waals surface area (Å²) in [6.45, 7) is 1.89. The lowest BCUT2D eigenvalue weighted by molar-refractivity contribution is -0.211. The summed E-state index contributed by atoms with van der Waals surface area (Å²) in [4.78, 5) is 23.6. The Morgan fingerprint density at radius 2 is 1.72 bits per heavy atom. The van der Waals surface area contributed by atoms with Crippen molar-refractivity contribution >= 4 is 21.7 Å². The zero-order valence-corrected chi connectivity index (χ0v) is 18.6. The summed E-state index contributed by atoms with van der Waals surface area (Å²) in [5.41, 5.74) is 2.93. The second kappa shape index (κ2) is 9.65. The monoisotopic (exact) mass is 480 g/mol. The highest BCUT2D eigenvalue weighted by molar-refractivity contribution is 7.93. The molecule has 0 aliphatic carbocycles. The zero-order valence-electron chi connectivity index (χ0n) is 17.8. The lowest BCUT2D eigenvalue weighted by Gasteiger charge is -2.33. The molecule has 8 nitrogen and oxygen atoms in total. The van der Waals surface area contributed by atoms with Crippen molar-refractivity contribution in [3.05, 3.63) is 24.3 Å². The molecular formula is C20H27F3N2O6S. The maximum absolute atomic E-state index is 13.1. The molecule has 3 N–H and O–H groups in total. The van der Waals surface area contributed by atoms with Gasteiger partial charge in [0.25, 0.3) is 0 Å². The topological polar surface area (TPSA) is 125 Å². The number of rotatable bonds is 9. The van der Waals surface area contributed by atoms with Gasteiger partial charge in [-0.15, -0.1) is 0 Å². The Labute approximate surface area is 184 Å². The first-order chi connectivity index (χ1) is 14.8. The fourth-order valence-corrected chi connectivity index (χ4v) is 5.02. The van der Waals surface area contributed by atoms with Crippen molar-refractivity contribution in [1.29, 1.82) is 0 Å². The van der Waals surface area contributed by atoms with Gasteiger partial charge >= 0.3 is 6.18 Å². The Morgan fingerprint density at radius 3 is 2.22 bits per heavy atom. The van der Waals surface area contributed by atoms with Crippen molar-refractivity contribution in [2.75, 3.05) is 26.4 Å². The molecule has 12 heteroatoms. The number of ether oxygens (including phenoxy) is 2. The number of sulfone groups is 1. The SMILES string of the molecule is CC(C)(C(=O)NCCCOc1ccc(S(=O)(=O)C2(C(N)=O)CCOCC2)cc1)C(F)(F)F. The van der Waals surface area contributed by atoms with Gasteiger partial charge in [0.05, 0.1) is 11.5 Å². The molecule has 1 aliphatic rings. The summed E-state index contributed by atoms with van der Waals surface area (Å²) in [6.07, 6.45) is -4.47. The Morgan fingerprint density at radius 1 is 1.16 bits per heavy atom. The molecule has 0 bridgehead atoms. The van der Waals surface area contributed by atoms with Crippen LogP contribution in [0.1, 0.15) is 33.1 Å². The fraction of sp³-hybridized carbons (Fsp3) is 0.600. The van der Waals surface area contributed by atoms with E-state index in [4.69, 9.17) is 15.2 Å². The van der Waals surface area contributed by atoms with E-state index in [2.05, 4.69) is 5.32 Å². The number of carbonyl (C=O) groups excluding carboxylic acids is 2. The number of alkyl halides is 3. The lowest BCUT2D eigenvalue weighted by Crippen LogP contribution is -2.53. The minimum atomic E-state index is -4.66. The number of benzene rings is 1. The average Bonchev–Trinajstić information content (AvgIpc) is 2.73. The van der Waals surface area contributed by atoms with E-state index < -0.39 is 38.0 Å². The van der Waals surface area contributed by atoms with Crippen LogP contribution in [-0.2, 0) is 24.2 Å². The van der Waals surface area contributed by atoms with Crippen LogP contribution >= 0.6 is 0 Å². The van der Waals surface area contributed by atoms with E-state index in [0.29, 0.717) is 5.75 Å². The molecule has 0 aromatic heterocycles. The summed E-state index contributed by atoms with van der Waals surface area (Å²) >= 11 is 0. The van der Waals surface area contributed by atoms with Gasteiger partial charge in [0.1, 0.15) is 11.2 Å². The molecule has 1 aliphatic heterocycles. The van der Waals surface area contributed by atoms with Crippen LogP contribution in [-0.4, -0.2) is 57.5 Å². The Hall–Kier alpha value is -2.34. The number of carbonyl (C=O) groups is 2. The van der Waals surface area contributed by atoms with Gasteiger partial charge in [-0.2, -0.15) is 13.2 Å². The van der Waals surface area contributed by atoms with Crippen LogP contribution in [0.2, 0.25) is 0 Å². The fourth-order valence-electron chi connectivity index (χ4n) is 3.10. The predicted molar refractivity (Wildman–Crippen MR) is 109 cm³/mol. The summed E-state index contributed by atoms with van der Waals surface area (Å²) < 4.78 is 73.5. The van der Waals surface area contributed by atoms with Crippen molar-refractivity contribution < 1.29 is 40.7 Å². The van der Waals surface area contributed by atoms with Gasteiger partial charge < -0.3 is 20.5 Å². The van der Waals surface area contributed by atoms with E-state index in [1.165, 1.54) is 24.3 Å². The van der Waals surface area contributed by atoms with Gasteiger partial charge in [-0.25, -0.2) is 8.42 Å². The summed E-state index contributed by atoms with van der Waals surface area (Å²) in [7, 11) is -4.05. The molecule has 1 aromatic rings. The van der Waals surface area contributed by atoms with Crippen LogP contribution in [0.3, 0.4) is 0 Å². The highest BCUT2D eigenvalue weighted by atomic mass is 32.2. The maximum Gasteiger partial charge on any atom is 0.402 e. The first kappa shape index (κ1) is 25.9. The zero-order chi connectivity index (χ0) is 24.2. The van der Waals surface area contributed by atoms with Crippen molar-refractivity contribution in [2.24, 2.45) is 11.1 Å². The molecule has 0 saturated carbocycles. The number of primary amides is 1. The minimum absolute atomic E-state index is 0.0198. The molecular weight excluding hydrogens is 453 g/mol. The Balaban J connectivity index is 1.92. The quantitative estimate of drug-likeness (QED) is 0.521. The number of hydrogen-bond acceptors (Lipinski definition) is 6. The van der Waals surface area contributed by atoms with Crippen molar-refractivity contribution in [2.45, 2.75) is 48.9 Å². The number of hydrogen-bond donors (Lipinski definition) is 2. The van der Waals surface area contributed by atoms with Crippen LogP contribution < -0.4 is 15.8 Å². The van der Waals surface area contributed by atoms with E-state index in [1.54, 1.807) is 0 Å². The molecule has 1 heterocycles. The van der Waals surface area contributed by atoms with Crippen LogP contribution in [0.15, 0.2) is 29.2 Å². The molecule has 0 atom stereocenters. The lowest BCUT2D eigenvalue weighted by atomic mass is 9.91. The van der Waals surface area contributed by atoms with E-state index in [0.717, 1.165) is 13.8 Å². The van der Waals surface area contributed by atoms with Crippen LogP contribution in [0.4, 0.5) is 13.2 Å². The summed E-state index contributed by atoms with van der Waals surface area (Å²) in [6, 6.07) is 5.43. The van der Waals surface area contributed by atoms with Crippen molar-refractivity contribution in [3.63, 3.8) is 0 Å². The van der Waals surface area contributed by atoms with E-state index in [-0.39, 0.29) is 50.5 Å². The van der Waals surface area contributed by atoms with Gasteiger partial charge in [-0.3, -0.25) is 9.59 Å². The first-order valence-corrected chi connectivity index (χ1v) is 11.4. The number of nitrogens with two attached hydrogens (primary N) is 1. The van der Waals surface area contributed by atoms with E-state index in [1.807, 2.05) is 0 Å². The molecule has 1 saturated heterocycles. The normalized spacial score (nSPS) is 16.9.